The number of imidazole rings is 1. The number of aromatic nitrogens is 4. The van der Waals surface area contributed by atoms with Crippen molar-refractivity contribution in [2.75, 3.05) is 17.3 Å². The van der Waals surface area contributed by atoms with E-state index in [1.54, 1.807) is 0 Å². The molecule has 0 fully saturated rings. The van der Waals surface area contributed by atoms with Crippen LogP contribution in [0.4, 0.5) is 11.8 Å². The molecule has 0 radical (unpaired) electrons. The van der Waals surface area contributed by atoms with E-state index in [0.29, 0.717) is 11.3 Å². The molecule has 0 unspecified atom stereocenters. The number of hydrogen-bond acceptors (Lipinski definition) is 5. The zero-order valence-corrected chi connectivity index (χ0v) is 5.60. The first kappa shape index (κ1) is 5.83. The van der Waals surface area contributed by atoms with E-state index >= 15 is 0 Å². The maximum atomic E-state index is 5.47. The fourth-order valence-corrected chi connectivity index (χ4v) is 0.962. The molecule has 0 amide bonds. The SMILES string of the molecule is Nc1nc(N)n2c1cnn2N. The zero-order valence-electron chi connectivity index (χ0n) is 5.60. The number of rotatable bonds is 0. The first-order valence-corrected chi connectivity index (χ1v) is 2.93. The van der Waals surface area contributed by atoms with Gasteiger partial charge in [0.2, 0.25) is 5.95 Å². The van der Waals surface area contributed by atoms with Crippen LogP contribution in [0.15, 0.2) is 6.20 Å². The third-order valence-electron chi connectivity index (χ3n) is 1.45. The van der Waals surface area contributed by atoms with E-state index in [9.17, 15) is 0 Å². The molecule has 0 saturated carbocycles. The van der Waals surface area contributed by atoms with Crippen molar-refractivity contribution in [2.24, 2.45) is 0 Å². The van der Waals surface area contributed by atoms with Gasteiger partial charge < -0.3 is 17.3 Å². The van der Waals surface area contributed by atoms with Crippen LogP contribution in [-0.4, -0.2) is 19.5 Å². The third-order valence-corrected chi connectivity index (χ3v) is 1.45. The van der Waals surface area contributed by atoms with Crippen molar-refractivity contribution in [2.45, 2.75) is 0 Å². The van der Waals surface area contributed by atoms with Gasteiger partial charge in [0.15, 0.2) is 5.82 Å². The highest BCUT2D eigenvalue weighted by Gasteiger charge is 2.08. The van der Waals surface area contributed by atoms with Gasteiger partial charge in [-0.2, -0.15) is 9.50 Å². The Bertz CT molecular complexity index is 396. The molecule has 0 spiro atoms. The lowest BCUT2D eigenvalue weighted by molar-refractivity contribution is 0.660. The van der Waals surface area contributed by atoms with E-state index in [2.05, 4.69) is 10.1 Å². The van der Waals surface area contributed by atoms with Crippen LogP contribution in [0.2, 0.25) is 0 Å². The standard InChI is InChI=1S/C4H7N7/c5-3-2-1-8-11(7)10(2)4(6)9-3/h1H,5,7H2,(H2,6,9). The molecular weight excluding hydrogens is 146 g/mol. The Morgan fingerprint density at radius 3 is 2.73 bits per heavy atom. The van der Waals surface area contributed by atoms with Gasteiger partial charge in [-0.25, -0.2) is 0 Å². The van der Waals surface area contributed by atoms with Crippen molar-refractivity contribution >= 4 is 17.3 Å². The molecule has 2 aromatic heterocycles. The molecule has 0 aliphatic heterocycles. The van der Waals surface area contributed by atoms with Crippen LogP contribution in [0.5, 0.6) is 0 Å². The highest BCUT2D eigenvalue weighted by molar-refractivity contribution is 5.67. The summed E-state index contributed by atoms with van der Waals surface area (Å²) in [5, 5.41) is 3.73. The quantitative estimate of drug-likeness (QED) is 0.395. The van der Waals surface area contributed by atoms with Gasteiger partial charge in [0.05, 0.1) is 6.20 Å². The van der Waals surface area contributed by atoms with Gasteiger partial charge in [0.1, 0.15) is 5.52 Å². The molecule has 2 aromatic rings. The highest BCUT2D eigenvalue weighted by atomic mass is 15.7. The number of nitrogen functional groups attached to an aromatic ring is 3. The fraction of sp³-hybridized carbons (Fsp3) is 0. The van der Waals surface area contributed by atoms with Crippen molar-refractivity contribution < 1.29 is 0 Å². The summed E-state index contributed by atoms with van der Waals surface area (Å²) in [6.07, 6.45) is 1.50. The highest BCUT2D eigenvalue weighted by Crippen LogP contribution is 2.13. The minimum absolute atomic E-state index is 0.234. The van der Waals surface area contributed by atoms with Crippen LogP contribution in [0.25, 0.3) is 5.52 Å². The maximum absolute atomic E-state index is 5.47. The Labute approximate surface area is 61.3 Å². The molecule has 7 heteroatoms. The van der Waals surface area contributed by atoms with Crippen LogP contribution >= 0.6 is 0 Å². The monoisotopic (exact) mass is 153 g/mol. The minimum atomic E-state index is 0.234. The molecule has 0 aliphatic rings. The lowest BCUT2D eigenvalue weighted by Gasteiger charge is -1.92. The fourth-order valence-electron chi connectivity index (χ4n) is 0.962. The van der Waals surface area contributed by atoms with Crippen LogP contribution in [0.3, 0.4) is 0 Å². The number of hydrogen-bond donors (Lipinski definition) is 3. The van der Waals surface area contributed by atoms with Gasteiger partial charge in [-0.15, -0.1) is 10.0 Å². The van der Waals surface area contributed by atoms with Crippen molar-refractivity contribution in [3.05, 3.63) is 6.20 Å². The van der Waals surface area contributed by atoms with E-state index in [4.69, 9.17) is 17.3 Å². The number of anilines is 2. The first-order valence-electron chi connectivity index (χ1n) is 2.93. The van der Waals surface area contributed by atoms with Gasteiger partial charge in [-0.1, -0.05) is 0 Å². The topological polar surface area (TPSA) is 113 Å². The van der Waals surface area contributed by atoms with Gasteiger partial charge >= 0.3 is 0 Å². The summed E-state index contributed by atoms with van der Waals surface area (Å²) in [6.45, 7) is 0. The van der Waals surface area contributed by atoms with E-state index in [0.717, 1.165) is 4.91 Å². The van der Waals surface area contributed by atoms with Gasteiger partial charge in [0, 0.05) is 0 Å². The second kappa shape index (κ2) is 1.57. The average Bonchev–Trinajstić information content (AvgIpc) is 2.41. The molecule has 2 rings (SSSR count). The van der Waals surface area contributed by atoms with E-state index in [1.165, 1.54) is 10.7 Å². The van der Waals surface area contributed by atoms with Crippen LogP contribution < -0.4 is 17.3 Å². The minimum Gasteiger partial charge on any atom is -0.382 e. The summed E-state index contributed by atoms with van der Waals surface area (Å²) in [5.41, 5.74) is 11.5. The van der Waals surface area contributed by atoms with Crippen molar-refractivity contribution in [3.63, 3.8) is 0 Å². The molecule has 6 N–H and O–H groups in total. The normalized spacial score (nSPS) is 10.9. The first-order chi connectivity index (χ1) is 5.20. The number of fused-ring (bicyclic) bond motifs is 1. The third kappa shape index (κ3) is 0.561. The van der Waals surface area contributed by atoms with Crippen LogP contribution in [-0.2, 0) is 0 Å². The van der Waals surface area contributed by atoms with Crippen molar-refractivity contribution in [1.82, 2.24) is 19.5 Å². The average molecular weight is 153 g/mol. The Kier molecular flexibility index (Phi) is 0.831. The molecule has 0 bridgehead atoms. The summed E-state index contributed by atoms with van der Waals surface area (Å²) in [4.78, 5) is 4.87. The molecule has 11 heavy (non-hydrogen) atoms. The Hall–Kier alpha value is -1.92. The second-order valence-electron chi connectivity index (χ2n) is 2.12. The Balaban J connectivity index is 2.98. The van der Waals surface area contributed by atoms with E-state index < -0.39 is 0 Å². The van der Waals surface area contributed by atoms with Crippen LogP contribution in [0.1, 0.15) is 0 Å². The van der Waals surface area contributed by atoms with Gasteiger partial charge in [-0.05, 0) is 0 Å². The van der Waals surface area contributed by atoms with Crippen molar-refractivity contribution in [3.8, 4) is 0 Å². The molecule has 0 saturated heterocycles. The second-order valence-corrected chi connectivity index (χ2v) is 2.12. The number of nitrogens with zero attached hydrogens (tertiary/aromatic N) is 4. The molecular formula is C4H7N7. The Morgan fingerprint density at radius 2 is 2.09 bits per heavy atom. The summed E-state index contributed by atoms with van der Waals surface area (Å²) >= 11 is 0. The lowest BCUT2D eigenvalue weighted by Crippen LogP contribution is -2.17. The van der Waals surface area contributed by atoms with Gasteiger partial charge in [0.25, 0.3) is 0 Å². The van der Waals surface area contributed by atoms with Crippen molar-refractivity contribution in [1.29, 1.82) is 0 Å². The molecule has 2 heterocycles. The molecule has 7 nitrogen and oxygen atoms in total. The Morgan fingerprint density at radius 1 is 1.36 bits per heavy atom. The maximum Gasteiger partial charge on any atom is 0.225 e. The van der Waals surface area contributed by atoms with E-state index in [1.807, 2.05) is 0 Å². The van der Waals surface area contributed by atoms with Crippen LogP contribution in [0, 0.1) is 0 Å². The zero-order chi connectivity index (χ0) is 8.01. The largest absolute Gasteiger partial charge is 0.382 e. The predicted molar refractivity (Wildman–Crippen MR) is 40.0 cm³/mol. The molecule has 0 aliphatic carbocycles. The number of nitrogens with two attached hydrogens (primary N) is 3. The van der Waals surface area contributed by atoms with E-state index in [-0.39, 0.29) is 5.95 Å². The molecule has 0 atom stereocenters. The lowest BCUT2D eigenvalue weighted by atomic mass is 10.6. The van der Waals surface area contributed by atoms with Gasteiger partial charge in [-0.3, -0.25) is 0 Å². The summed E-state index contributed by atoms with van der Waals surface area (Å²) in [7, 11) is 0. The molecule has 58 valence electrons. The summed E-state index contributed by atoms with van der Waals surface area (Å²) in [5.74, 6) is 5.95. The summed E-state index contributed by atoms with van der Waals surface area (Å²) < 4.78 is 1.41. The smallest absolute Gasteiger partial charge is 0.225 e. The predicted octanol–water partition coefficient (Wildman–Crippen LogP) is -1.59. The summed E-state index contributed by atoms with van der Waals surface area (Å²) in [6, 6.07) is 0. The molecule has 0 aromatic carbocycles.